The van der Waals surface area contributed by atoms with Crippen molar-refractivity contribution in [2.75, 3.05) is 19.6 Å². The zero-order chi connectivity index (χ0) is 18.1. The summed E-state index contributed by atoms with van der Waals surface area (Å²) >= 11 is 1.82. The summed E-state index contributed by atoms with van der Waals surface area (Å²) in [5.41, 5.74) is 2.23. The summed E-state index contributed by atoms with van der Waals surface area (Å²) in [4.78, 5) is 6.16. The highest BCUT2D eigenvalue weighted by Gasteiger charge is 2.08. The van der Waals surface area contributed by atoms with Crippen molar-refractivity contribution in [3.8, 4) is 0 Å². The van der Waals surface area contributed by atoms with Gasteiger partial charge in [-0.05, 0) is 57.4 Å². The highest BCUT2D eigenvalue weighted by molar-refractivity contribution is 7.09. The van der Waals surface area contributed by atoms with E-state index in [-0.39, 0.29) is 0 Å². The Hall–Kier alpha value is -1.82. The normalized spacial score (nSPS) is 13.0. The summed E-state index contributed by atoms with van der Waals surface area (Å²) in [6, 6.07) is 4.31. The monoisotopic (exact) mass is 362 g/mol. The van der Waals surface area contributed by atoms with Crippen molar-refractivity contribution in [3.05, 3.63) is 39.4 Å². The molecule has 0 aliphatic rings. The van der Waals surface area contributed by atoms with E-state index in [1.54, 1.807) is 0 Å². The molecule has 5 nitrogen and oxygen atoms in total. The minimum atomic E-state index is 0.538. The molecule has 0 spiro atoms. The Balaban J connectivity index is 1.75. The Morgan fingerprint density at radius 3 is 2.84 bits per heavy atom. The van der Waals surface area contributed by atoms with Crippen molar-refractivity contribution in [2.24, 2.45) is 10.9 Å². The van der Waals surface area contributed by atoms with Gasteiger partial charge in [0.1, 0.15) is 5.76 Å². The van der Waals surface area contributed by atoms with Crippen molar-refractivity contribution in [1.82, 2.24) is 15.8 Å². The van der Waals surface area contributed by atoms with Crippen molar-refractivity contribution in [3.63, 3.8) is 0 Å². The van der Waals surface area contributed by atoms with Crippen LogP contribution in [-0.4, -0.2) is 30.8 Å². The fraction of sp³-hybridized carbons (Fsp3) is 0.579. The van der Waals surface area contributed by atoms with Gasteiger partial charge >= 0.3 is 0 Å². The molecule has 2 aromatic heterocycles. The largest absolute Gasteiger partial charge is 0.361 e. The average Bonchev–Trinajstić information content (AvgIpc) is 3.20. The molecule has 0 aromatic carbocycles. The number of thiophene rings is 1. The predicted octanol–water partition coefficient (Wildman–Crippen LogP) is 3.72. The molecule has 0 radical (unpaired) electrons. The Bertz CT molecular complexity index is 629. The SMILES string of the molecule is CCNC(=NCC(C)Cc1cccs1)NCCCc1c(C)noc1C. The van der Waals surface area contributed by atoms with Gasteiger partial charge in [0.25, 0.3) is 0 Å². The third-order valence-corrected chi connectivity index (χ3v) is 5.01. The van der Waals surface area contributed by atoms with Crippen LogP contribution in [0.4, 0.5) is 0 Å². The van der Waals surface area contributed by atoms with E-state index >= 15 is 0 Å². The van der Waals surface area contributed by atoms with Crippen LogP contribution in [0.2, 0.25) is 0 Å². The molecule has 6 heteroatoms. The van der Waals surface area contributed by atoms with Crippen molar-refractivity contribution >= 4 is 17.3 Å². The predicted molar refractivity (Wildman–Crippen MR) is 105 cm³/mol. The van der Waals surface area contributed by atoms with E-state index in [9.17, 15) is 0 Å². The van der Waals surface area contributed by atoms with Crippen LogP contribution in [0.3, 0.4) is 0 Å². The average molecular weight is 363 g/mol. The van der Waals surface area contributed by atoms with Gasteiger partial charge in [-0.1, -0.05) is 18.1 Å². The minimum absolute atomic E-state index is 0.538. The van der Waals surface area contributed by atoms with Crippen LogP contribution in [-0.2, 0) is 12.8 Å². The molecule has 2 heterocycles. The Morgan fingerprint density at radius 1 is 1.36 bits per heavy atom. The van der Waals surface area contributed by atoms with Crippen LogP contribution in [0.5, 0.6) is 0 Å². The number of guanidine groups is 1. The highest BCUT2D eigenvalue weighted by Crippen LogP contribution is 2.15. The van der Waals surface area contributed by atoms with Crippen LogP contribution in [0.25, 0.3) is 0 Å². The van der Waals surface area contributed by atoms with Gasteiger partial charge < -0.3 is 15.2 Å². The number of aromatic nitrogens is 1. The lowest BCUT2D eigenvalue weighted by Crippen LogP contribution is -2.38. The second-order valence-corrected chi connectivity index (χ2v) is 7.47. The second kappa shape index (κ2) is 10.2. The lowest BCUT2D eigenvalue weighted by molar-refractivity contribution is 0.392. The van der Waals surface area contributed by atoms with E-state index in [2.05, 4.69) is 47.2 Å². The van der Waals surface area contributed by atoms with Gasteiger partial charge in [-0.2, -0.15) is 0 Å². The van der Waals surface area contributed by atoms with Crippen LogP contribution >= 0.6 is 11.3 Å². The number of nitrogens with zero attached hydrogens (tertiary/aromatic N) is 2. The summed E-state index contributed by atoms with van der Waals surface area (Å²) in [7, 11) is 0. The maximum Gasteiger partial charge on any atom is 0.191 e. The number of hydrogen-bond donors (Lipinski definition) is 2. The van der Waals surface area contributed by atoms with E-state index in [0.29, 0.717) is 5.92 Å². The maximum absolute atomic E-state index is 5.21. The fourth-order valence-electron chi connectivity index (χ4n) is 2.76. The molecule has 0 saturated carbocycles. The quantitative estimate of drug-likeness (QED) is 0.405. The molecule has 2 N–H and O–H groups in total. The Labute approximate surface area is 154 Å². The molecule has 25 heavy (non-hydrogen) atoms. The molecule has 0 saturated heterocycles. The van der Waals surface area contributed by atoms with E-state index < -0.39 is 0 Å². The van der Waals surface area contributed by atoms with Gasteiger partial charge in [-0.25, -0.2) is 0 Å². The first-order valence-electron chi connectivity index (χ1n) is 9.06. The van der Waals surface area contributed by atoms with Gasteiger partial charge in [-0.15, -0.1) is 11.3 Å². The van der Waals surface area contributed by atoms with Gasteiger partial charge in [0.05, 0.1) is 5.69 Å². The zero-order valence-electron chi connectivity index (χ0n) is 15.8. The highest BCUT2D eigenvalue weighted by atomic mass is 32.1. The first-order valence-corrected chi connectivity index (χ1v) is 9.94. The summed E-state index contributed by atoms with van der Waals surface area (Å²) in [6.45, 7) is 10.9. The third kappa shape index (κ3) is 6.53. The van der Waals surface area contributed by atoms with E-state index in [1.807, 2.05) is 25.2 Å². The Morgan fingerprint density at radius 2 is 2.20 bits per heavy atom. The smallest absolute Gasteiger partial charge is 0.191 e. The molecule has 0 aliphatic heterocycles. The van der Waals surface area contributed by atoms with Gasteiger partial charge in [0.15, 0.2) is 5.96 Å². The number of nitrogens with one attached hydrogen (secondary N) is 2. The van der Waals surface area contributed by atoms with E-state index in [0.717, 1.165) is 56.3 Å². The van der Waals surface area contributed by atoms with Crippen LogP contribution in [0.1, 0.15) is 42.2 Å². The maximum atomic E-state index is 5.21. The van der Waals surface area contributed by atoms with Crippen molar-refractivity contribution < 1.29 is 4.52 Å². The number of hydrogen-bond acceptors (Lipinski definition) is 4. The number of aliphatic imine (C=N–C) groups is 1. The molecular weight excluding hydrogens is 332 g/mol. The van der Waals surface area contributed by atoms with E-state index in [4.69, 9.17) is 9.52 Å². The summed E-state index contributed by atoms with van der Waals surface area (Å²) < 4.78 is 5.21. The third-order valence-electron chi connectivity index (χ3n) is 4.11. The zero-order valence-corrected chi connectivity index (χ0v) is 16.6. The molecule has 1 unspecified atom stereocenters. The van der Waals surface area contributed by atoms with Gasteiger partial charge in [-0.3, -0.25) is 4.99 Å². The number of aryl methyl sites for hydroxylation is 2. The topological polar surface area (TPSA) is 62.5 Å². The van der Waals surface area contributed by atoms with Crippen LogP contribution in [0, 0.1) is 19.8 Å². The number of rotatable bonds is 9. The van der Waals surface area contributed by atoms with E-state index in [1.165, 1.54) is 10.4 Å². The van der Waals surface area contributed by atoms with Crippen molar-refractivity contribution in [1.29, 1.82) is 0 Å². The summed E-state index contributed by atoms with van der Waals surface area (Å²) in [5, 5.41) is 12.9. The van der Waals surface area contributed by atoms with Gasteiger partial charge in [0.2, 0.25) is 0 Å². The molecule has 0 bridgehead atoms. The lowest BCUT2D eigenvalue weighted by Gasteiger charge is -2.13. The standard InChI is InChI=1S/C19H30N4OS/c1-5-20-19(22-13-14(2)12-17-8-7-11-25-17)21-10-6-9-18-15(3)23-24-16(18)4/h7-8,11,14H,5-6,9-10,12-13H2,1-4H3,(H2,20,21,22). The molecule has 2 rings (SSSR count). The minimum Gasteiger partial charge on any atom is -0.361 e. The molecule has 0 fully saturated rings. The molecule has 2 aromatic rings. The second-order valence-electron chi connectivity index (χ2n) is 6.44. The summed E-state index contributed by atoms with van der Waals surface area (Å²) in [6.07, 6.45) is 3.09. The van der Waals surface area contributed by atoms with Crippen LogP contribution in [0.15, 0.2) is 27.0 Å². The lowest BCUT2D eigenvalue weighted by atomic mass is 10.1. The Kier molecular flexibility index (Phi) is 7.98. The molecule has 0 aliphatic carbocycles. The molecule has 138 valence electrons. The fourth-order valence-corrected chi connectivity index (χ4v) is 3.63. The van der Waals surface area contributed by atoms with Crippen LogP contribution < -0.4 is 10.6 Å². The first-order chi connectivity index (χ1) is 12.1. The first kappa shape index (κ1) is 19.5. The summed E-state index contributed by atoms with van der Waals surface area (Å²) in [5.74, 6) is 2.37. The molecular formula is C19H30N4OS. The van der Waals surface area contributed by atoms with Crippen molar-refractivity contribution in [2.45, 2.75) is 47.0 Å². The molecule has 0 amide bonds. The van der Waals surface area contributed by atoms with Gasteiger partial charge in [0, 0.05) is 30.1 Å². The molecule has 1 atom stereocenters.